The number of carbonyl (C=O) groups is 2. The number of nitrogens with zero attached hydrogens (tertiary/aromatic N) is 6. The zero-order chi connectivity index (χ0) is 52.9. The lowest BCUT2D eigenvalue weighted by molar-refractivity contribution is -0.0259. The maximum Gasteiger partial charge on any atom is 0.340 e. The van der Waals surface area contributed by atoms with Gasteiger partial charge in [0.05, 0.1) is 29.7 Å². The van der Waals surface area contributed by atoms with Crippen LogP contribution < -0.4 is 20.7 Å². The van der Waals surface area contributed by atoms with E-state index in [1.165, 1.54) is 39.2 Å². The molecule has 1 saturated carbocycles. The zero-order valence-corrected chi connectivity index (χ0v) is 43.2. The number of methoxy groups -OCH3 is 1. The van der Waals surface area contributed by atoms with Crippen LogP contribution in [0.25, 0.3) is 34.1 Å². The molecule has 396 valence electrons. The number of hydrogen-bond donors (Lipinski definition) is 6. The first kappa shape index (κ1) is 53.5. The SMILES string of the molecule is COC(=O)c1ccc(Oc2c(C)[nH]n3nc(-c4ccc(NCOCOC(=O)c5cc(C)c(O)c(C)c5)cc4)nc23)cc1.Cc1cc2nc(-c3ccc(NCOCOS(=O)(=O)CCCNC4CCCCC4)cc3)nn2[nH]1. The van der Waals surface area contributed by atoms with Crippen molar-refractivity contribution in [3.8, 4) is 40.0 Å². The van der Waals surface area contributed by atoms with E-state index >= 15 is 0 Å². The lowest BCUT2D eigenvalue weighted by atomic mass is 9.95. The van der Waals surface area contributed by atoms with E-state index in [0.29, 0.717) is 70.1 Å². The van der Waals surface area contributed by atoms with E-state index in [1.54, 1.807) is 59.5 Å². The third-order valence-electron chi connectivity index (χ3n) is 12.1. The van der Waals surface area contributed by atoms with E-state index in [4.69, 9.17) is 27.9 Å². The molecule has 0 amide bonds. The molecule has 9 rings (SSSR count). The van der Waals surface area contributed by atoms with E-state index in [1.807, 2.05) is 68.4 Å². The van der Waals surface area contributed by atoms with Gasteiger partial charge in [-0.05, 0) is 150 Å². The minimum absolute atomic E-state index is 0.0125. The number of aromatic hydroxyl groups is 1. The van der Waals surface area contributed by atoms with Crippen molar-refractivity contribution in [2.24, 2.45) is 0 Å². The van der Waals surface area contributed by atoms with Gasteiger partial charge in [-0.1, -0.05) is 19.3 Å². The van der Waals surface area contributed by atoms with Crippen molar-refractivity contribution in [1.82, 2.24) is 44.9 Å². The first-order valence-corrected chi connectivity index (χ1v) is 26.0. The fourth-order valence-corrected chi connectivity index (χ4v) is 9.01. The molecule has 4 heterocycles. The molecule has 0 spiro atoms. The quantitative estimate of drug-likeness (QED) is 0.0162. The minimum Gasteiger partial charge on any atom is -0.507 e. The van der Waals surface area contributed by atoms with Gasteiger partial charge in [0.1, 0.15) is 25.0 Å². The van der Waals surface area contributed by atoms with Crippen LogP contribution >= 0.6 is 0 Å². The molecule has 4 aromatic carbocycles. The van der Waals surface area contributed by atoms with Crippen molar-refractivity contribution in [3.05, 3.63) is 125 Å². The van der Waals surface area contributed by atoms with Crippen LogP contribution in [0.1, 0.15) is 81.8 Å². The molecule has 0 saturated heterocycles. The summed E-state index contributed by atoms with van der Waals surface area (Å²) >= 11 is 0. The fraction of sp³-hybridized carbons (Fsp3) is 0.346. The normalized spacial score (nSPS) is 12.9. The number of phenols is 1. The number of aromatic nitrogens is 8. The average Bonchev–Trinajstić information content (AvgIpc) is 4.17. The highest BCUT2D eigenvalue weighted by molar-refractivity contribution is 7.86. The Labute approximate surface area is 433 Å². The van der Waals surface area contributed by atoms with Gasteiger partial charge >= 0.3 is 11.9 Å². The summed E-state index contributed by atoms with van der Waals surface area (Å²) in [4.78, 5) is 33.1. The van der Waals surface area contributed by atoms with Gasteiger partial charge in [-0.25, -0.2) is 23.7 Å². The Hall–Kier alpha value is -7.83. The molecule has 0 unspecified atom stereocenters. The number of H-pyrrole nitrogens is 2. The Kier molecular flexibility index (Phi) is 17.8. The number of ether oxygens (including phenoxy) is 5. The summed E-state index contributed by atoms with van der Waals surface area (Å²) in [6.07, 6.45) is 6.72. The predicted molar refractivity (Wildman–Crippen MR) is 279 cm³/mol. The first-order chi connectivity index (χ1) is 36.2. The number of hydrogen-bond acceptors (Lipinski definition) is 18. The largest absolute Gasteiger partial charge is 0.507 e. The molecule has 6 N–H and O–H groups in total. The summed E-state index contributed by atoms with van der Waals surface area (Å²) < 4.78 is 58.7. The van der Waals surface area contributed by atoms with Crippen LogP contribution in [-0.2, 0) is 33.2 Å². The van der Waals surface area contributed by atoms with Gasteiger partial charge in [-0.2, -0.15) is 13.0 Å². The molecule has 75 heavy (non-hydrogen) atoms. The van der Waals surface area contributed by atoms with Crippen LogP contribution in [0.15, 0.2) is 91.0 Å². The number of aryl methyl sites for hydroxylation is 4. The molecule has 0 atom stereocenters. The molecule has 23 heteroatoms. The maximum atomic E-state index is 12.2. The molecule has 1 fully saturated rings. The van der Waals surface area contributed by atoms with E-state index in [0.717, 1.165) is 39.5 Å². The fourth-order valence-electron chi connectivity index (χ4n) is 8.18. The average molecular weight is 1050 g/mol. The minimum atomic E-state index is -3.59. The van der Waals surface area contributed by atoms with Crippen LogP contribution in [0, 0.1) is 27.7 Å². The van der Waals surface area contributed by atoms with E-state index < -0.39 is 22.1 Å². The summed E-state index contributed by atoms with van der Waals surface area (Å²) in [5.41, 5.74) is 8.31. The van der Waals surface area contributed by atoms with Crippen LogP contribution in [0.4, 0.5) is 11.4 Å². The highest BCUT2D eigenvalue weighted by atomic mass is 32.2. The van der Waals surface area contributed by atoms with Crippen LogP contribution in [0.5, 0.6) is 17.2 Å². The van der Waals surface area contributed by atoms with Gasteiger partial charge in [0.25, 0.3) is 10.1 Å². The van der Waals surface area contributed by atoms with Crippen molar-refractivity contribution in [3.63, 3.8) is 0 Å². The zero-order valence-electron chi connectivity index (χ0n) is 42.3. The Bertz CT molecular complexity index is 3240. The number of phenolic OH excluding ortho intramolecular Hbond substituents is 1. The highest BCUT2D eigenvalue weighted by Crippen LogP contribution is 2.31. The summed E-state index contributed by atoms with van der Waals surface area (Å²) in [6.45, 7) is 7.64. The Morgan fingerprint density at radius 2 is 1.35 bits per heavy atom. The smallest absolute Gasteiger partial charge is 0.340 e. The van der Waals surface area contributed by atoms with E-state index in [2.05, 4.69) is 46.3 Å². The van der Waals surface area contributed by atoms with Gasteiger partial charge in [0.15, 0.2) is 36.6 Å². The molecule has 4 aromatic heterocycles. The van der Waals surface area contributed by atoms with E-state index in [9.17, 15) is 23.1 Å². The van der Waals surface area contributed by atoms with Gasteiger partial charge in [0.2, 0.25) is 5.65 Å². The van der Waals surface area contributed by atoms with Gasteiger partial charge in [-0.15, -0.1) is 14.8 Å². The molecule has 0 radical (unpaired) electrons. The summed E-state index contributed by atoms with van der Waals surface area (Å²) in [5.74, 6) is 1.39. The van der Waals surface area contributed by atoms with E-state index in [-0.39, 0.29) is 38.5 Å². The second kappa shape index (κ2) is 24.9. The van der Waals surface area contributed by atoms with Crippen molar-refractivity contribution < 1.29 is 51.0 Å². The van der Waals surface area contributed by atoms with Crippen LogP contribution in [0.3, 0.4) is 0 Å². The van der Waals surface area contributed by atoms with Crippen molar-refractivity contribution >= 4 is 44.7 Å². The monoisotopic (exact) mass is 1050 g/mol. The lowest BCUT2D eigenvalue weighted by Gasteiger charge is -2.22. The number of fused-ring (bicyclic) bond motifs is 2. The number of aromatic amines is 2. The molecule has 8 aromatic rings. The van der Waals surface area contributed by atoms with Gasteiger partial charge in [-0.3, -0.25) is 10.2 Å². The van der Waals surface area contributed by atoms with Crippen molar-refractivity contribution in [1.29, 1.82) is 0 Å². The molecular formula is C52H61N11O11S. The second-order valence-electron chi connectivity index (χ2n) is 17.9. The number of anilines is 2. The van der Waals surface area contributed by atoms with Crippen molar-refractivity contribution in [2.75, 3.05) is 57.1 Å². The Morgan fingerprint density at radius 1 is 0.733 bits per heavy atom. The van der Waals surface area contributed by atoms with Gasteiger partial charge in [0, 0.05) is 40.3 Å². The third-order valence-corrected chi connectivity index (χ3v) is 13.4. The number of carbonyl (C=O) groups excluding carboxylic acids is 2. The number of benzene rings is 4. The van der Waals surface area contributed by atoms with Gasteiger partial charge < -0.3 is 44.7 Å². The second-order valence-corrected chi connectivity index (χ2v) is 19.6. The topological polar surface area (TPSA) is 272 Å². The number of rotatable bonds is 22. The molecule has 1 aliphatic rings. The van der Waals surface area contributed by atoms with Crippen LogP contribution in [0.2, 0.25) is 0 Å². The summed E-state index contributed by atoms with van der Waals surface area (Å²) in [6, 6.07) is 27.3. The third kappa shape index (κ3) is 14.5. The highest BCUT2D eigenvalue weighted by Gasteiger charge is 2.19. The predicted octanol–water partition coefficient (Wildman–Crippen LogP) is 8.17. The number of esters is 2. The number of nitrogens with one attached hydrogen (secondary N) is 5. The molecular weight excluding hydrogens is 987 g/mol. The molecule has 0 aliphatic heterocycles. The van der Waals surface area contributed by atoms with Crippen LogP contribution in [-0.4, -0.2) is 118 Å². The first-order valence-electron chi connectivity index (χ1n) is 24.4. The van der Waals surface area contributed by atoms with Crippen molar-refractivity contribution in [2.45, 2.75) is 72.3 Å². The summed E-state index contributed by atoms with van der Waals surface area (Å²) in [5, 5.41) is 34.6. The molecule has 1 aliphatic carbocycles. The standard InChI is InChI=1S/C30H29N5O7.C22H32N6O4S/c1-17-13-22(14-18(2)25(17)36)30(38)41-16-40-15-31-23-9-5-20(6-10-23)27-32-28-26(19(3)33-35(28)34-27)42-24-11-7-21(8-12-24)29(37)39-4;1-17-14-21-25-22(27-28(21)26-17)18-8-10-20(11-9-18)24-15-31-16-32-33(29,30)13-5-12-23-19-6-3-2-4-7-19/h5-14,31,33,36H,15-16H2,1-4H3;8-11,14,19,23-24,26H,2-7,12-13,15-16H2,1H3. The Balaban J connectivity index is 0.000000205. The maximum absolute atomic E-state index is 12.2. The summed E-state index contributed by atoms with van der Waals surface area (Å²) in [7, 11) is -2.25. The lowest BCUT2D eigenvalue weighted by Crippen LogP contribution is -2.32. The Morgan fingerprint density at radius 3 is 1.97 bits per heavy atom. The molecule has 22 nitrogen and oxygen atoms in total. The molecule has 0 bridgehead atoms.